The first-order chi connectivity index (χ1) is 8.83. The van der Waals surface area contributed by atoms with Gasteiger partial charge in [0.15, 0.2) is 0 Å². The lowest BCUT2D eigenvalue weighted by atomic mass is 10.1. The van der Waals surface area contributed by atoms with E-state index in [2.05, 4.69) is 23.6 Å². The Kier molecular flexibility index (Phi) is 15.1. The van der Waals surface area contributed by atoms with Crippen LogP contribution in [0.2, 0.25) is 0 Å². The number of rotatable bonds is 8. The van der Waals surface area contributed by atoms with Gasteiger partial charge in [0.2, 0.25) is 0 Å². The normalized spacial score (nSPS) is 10.6. The molecule has 0 unspecified atom stereocenters. The molecule has 0 bridgehead atoms. The van der Waals surface area contributed by atoms with Gasteiger partial charge in [-0.2, -0.15) is 4.89 Å². The zero-order chi connectivity index (χ0) is 15.1. The van der Waals surface area contributed by atoms with Crippen LogP contribution in [0, 0.1) is 0 Å². The van der Waals surface area contributed by atoms with Crippen molar-refractivity contribution in [2.24, 2.45) is 0 Å². The van der Waals surface area contributed by atoms with Gasteiger partial charge in [0.1, 0.15) is 5.60 Å². The number of carbonyl (C=O) groups excluding carboxylic acids is 1. The number of hydrogen-bond acceptors (Lipinski definition) is 3. The van der Waals surface area contributed by atoms with Crippen molar-refractivity contribution in [3.63, 3.8) is 0 Å². The molecule has 0 aliphatic carbocycles. The number of carbonyl (C=O) groups is 1. The van der Waals surface area contributed by atoms with Gasteiger partial charge in [-0.25, -0.2) is 4.79 Å². The van der Waals surface area contributed by atoms with Crippen LogP contribution in [0.3, 0.4) is 0 Å². The minimum absolute atomic E-state index is 0.411. The molecule has 0 N–H and O–H groups in total. The average Bonchev–Trinajstić information content (AvgIpc) is 2.31. The fourth-order valence-corrected chi connectivity index (χ4v) is 1.39. The van der Waals surface area contributed by atoms with E-state index in [1.807, 2.05) is 0 Å². The van der Waals surface area contributed by atoms with Crippen molar-refractivity contribution in [2.75, 3.05) is 0 Å². The highest BCUT2D eigenvalue weighted by Crippen LogP contribution is 2.07. The Morgan fingerprint density at radius 3 is 1.42 bits per heavy atom. The quantitative estimate of drug-likeness (QED) is 0.336. The second kappa shape index (κ2) is 13.9. The van der Waals surface area contributed by atoms with Gasteiger partial charge in [-0.15, -0.1) is 0 Å². The summed E-state index contributed by atoms with van der Waals surface area (Å²) in [6.45, 7) is 11.2. The van der Waals surface area contributed by atoms with Crippen LogP contribution in [-0.2, 0) is 14.6 Å². The molecule has 0 amide bonds. The molecule has 116 valence electrons. The van der Waals surface area contributed by atoms with Crippen molar-refractivity contribution < 1.29 is 14.6 Å². The highest BCUT2D eigenvalue weighted by Gasteiger charge is 2.12. The molecule has 0 fully saturated rings. The van der Waals surface area contributed by atoms with Gasteiger partial charge in [0, 0.05) is 6.92 Å². The largest absolute Gasteiger partial charge is 0.339 e. The van der Waals surface area contributed by atoms with Crippen LogP contribution >= 0.6 is 0 Å². The smallest absolute Gasteiger partial charge is 0.298 e. The fourth-order valence-electron chi connectivity index (χ4n) is 1.39. The SMILES string of the molecule is CC(=O)OOC(C)(C)C.CCCCCCCCCC. The molecule has 0 heterocycles. The summed E-state index contributed by atoms with van der Waals surface area (Å²) in [5, 5.41) is 0. The Morgan fingerprint density at radius 2 is 1.21 bits per heavy atom. The standard InChI is InChI=1S/C10H22.C6H12O3/c1-3-5-7-9-10-8-6-4-2;1-5(7)8-9-6(2,3)4/h3-10H2,1-2H3;1-4H3. The lowest BCUT2D eigenvalue weighted by Crippen LogP contribution is -2.20. The summed E-state index contributed by atoms with van der Waals surface area (Å²) in [5.41, 5.74) is -0.411. The summed E-state index contributed by atoms with van der Waals surface area (Å²) in [6.07, 6.45) is 11.5. The van der Waals surface area contributed by atoms with Crippen LogP contribution in [0.4, 0.5) is 0 Å². The van der Waals surface area contributed by atoms with Crippen LogP contribution in [0.15, 0.2) is 0 Å². The molecule has 0 aromatic heterocycles. The second-order valence-corrected chi connectivity index (χ2v) is 5.89. The monoisotopic (exact) mass is 274 g/mol. The van der Waals surface area contributed by atoms with E-state index in [0.717, 1.165) is 0 Å². The van der Waals surface area contributed by atoms with Crippen molar-refractivity contribution in [3.8, 4) is 0 Å². The third-order valence-electron chi connectivity index (χ3n) is 2.37. The van der Waals surface area contributed by atoms with Crippen LogP contribution in [-0.4, -0.2) is 11.6 Å². The molecule has 0 aromatic carbocycles. The highest BCUT2D eigenvalue weighted by atomic mass is 17.2. The van der Waals surface area contributed by atoms with Crippen molar-refractivity contribution >= 4 is 5.97 Å². The van der Waals surface area contributed by atoms with E-state index in [0.29, 0.717) is 0 Å². The first-order valence-electron chi connectivity index (χ1n) is 7.69. The maximum atomic E-state index is 10.1. The van der Waals surface area contributed by atoms with Crippen molar-refractivity contribution in [2.45, 2.75) is 98.5 Å². The first-order valence-corrected chi connectivity index (χ1v) is 7.69. The third-order valence-corrected chi connectivity index (χ3v) is 2.37. The Balaban J connectivity index is 0. The molecule has 0 saturated heterocycles. The third kappa shape index (κ3) is 26.9. The summed E-state index contributed by atoms with van der Waals surface area (Å²) in [7, 11) is 0. The van der Waals surface area contributed by atoms with E-state index >= 15 is 0 Å². The Morgan fingerprint density at radius 1 is 0.842 bits per heavy atom. The zero-order valence-corrected chi connectivity index (χ0v) is 13.9. The van der Waals surface area contributed by atoms with Gasteiger partial charge in [-0.1, -0.05) is 65.2 Å². The topological polar surface area (TPSA) is 35.5 Å². The van der Waals surface area contributed by atoms with E-state index in [1.165, 1.54) is 58.3 Å². The molecule has 0 aliphatic heterocycles. The summed E-state index contributed by atoms with van der Waals surface area (Å²) in [4.78, 5) is 19.1. The van der Waals surface area contributed by atoms with Gasteiger partial charge in [0.05, 0.1) is 0 Å². The van der Waals surface area contributed by atoms with E-state index in [4.69, 9.17) is 0 Å². The molecule has 0 atom stereocenters. The van der Waals surface area contributed by atoms with Gasteiger partial charge in [-0.3, -0.25) is 4.89 Å². The molecule has 0 spiro atoms. The fraction of sp³-hybridized carbons (Fsp3) is 0.938. The van der Waals surface area contributed by atoms with E-state index in [1.54, 1.807) is 20.8 Å². The maximum Gasteiger partial charge on any atom is 0.339 e. The molecule has 0 radical (unpaired) electrons. The van der Waals surface area contributed by atoms with Gasteiger partial charge < -0.3 is 0 Å². The highest BCUT2D eigenvalue weighted by molar-refractivity contribution is 5.65. The summed E-state index contributed by atoms with van der Waals surface area (Å²) < 4.78 is 0. The van der Waals surface area contributed by atoms with Crippen molar-refractivity contribution in [3.05, 3.63) is 0 Å². The molecular formula is C16H34O3. The van der Waals surface area contributed by atoms with E-state index < -0.39 is 11.6 Å². The van der Waals surface area contributed by atoms with Crippen LogP contribution in [0.5, 0.6) is 0 Å². The minimum Gasteiger partial charge on any atom is -0.298 e. The minimum atomic E-state index is -0.426. The number of hydrogen-bond donors (Lipinski definition) is 0. The van der Waals surface area contributed by atoms with E-state index in [-0.39, 0.29) is 0 Å². The molecule has 19 heavy (non-hydrogen) atoms. The molecule has 3 heteroatoms. The Bertz CT molecular complexity index is 187. The first kappa shape index (κ1) is 20.7. The summed E-state index contributed by atoms with van der Waals surface area (Å²) in [6, 6.07) is 0. The second-order valence-electron chi connectivity index (χ2n) is 5.89. The lowest BCUT2D eigenvalue weighted by molar-refractivity contribution is -0.318. The Hall–Kier alpha value is -0.570. The van der Waals surface area contributed by atoms with Gasteiger partial charge in [0.25, 0.3) is 0 Å². The molecule has 0 aliphatic rings. The van der Waals surface area contributed by atoms with Crippen molar-refractivity contribution in [1.29, 1.82) is 0 Å². The molecule has 0 rings (SSSR count). The lowest BCUT2D eigenvalue weighted by Gasteiger charge is -2.15. The summed E-state index contributed by atoms with van der Waals surface area (Å²) >= 11 is 0. The predicted molar refractivity (Wildman–Crippen MR) is 80.9 cm³/mol. The van der Waals surface area contributed by atoms with Crippen LogP contribution in [0.1, 0.15) is 92.9 Å². The molecule has 3 nitrogen and oxygen atoms in total. The van der Waals surface area contributed by atoms with Crippen LogP contribution in [0.25, 0.3) is 0 Å². The summed E-state index contributed by atoms with van der Waals surface area (Å²) in [5.74, 6) is -0.426. The van der Waals surface area contributed by atoms with E-state index in [9.17, 15) is 4.79 Å². The maximum absolute atomic E-state index is 10.1. The zero-order valence-electron chi connectivity index (χ0n) is 13.9. The Labute approximate surface area is 120 Å². The van der Waals surface area contributed by atoms with Gasteiger partial charge in [-0.05, 0) is 20.8 Å². The predicted octanol–water partition coefficient (Wildman–Crippen LogP) is 5.43. The van der Waals surface area contributed by atoms with Crippen molar-refractivity contribution in [1.82, 2.24) is 0 Å². The average molecular weight is 274 g/mol. The molecular weight excluding hydrogens is 240 g/mol. The van der Waals surface area contributed by atoms with Crippen LogP contribution < -0.4 is 0 Å². The molecule has 0 aromatic rings. The van der Waals surface area contributed by atoms with Gasteiger partial charge >= 0.3 is 5.97 Å². The molecule has 0 saturated carbocycles. The number of unbranched alkanes of at least 4 members (excludes halogenated alkanes) is 7.